The third-order valence-electron chi connectivity index (χ3n) is 2.31. The first kappa shape index (κ1) is 13.9. The summed E-state index contributed by atoms with van der Waals surface area (Å²) < 4.78 is 0. The molecule has 0 saturated heterocycles. The molecule has 0 amide bonds. The van der Waals surface area contributed by atoms with Crippen molar-refractivity contribution in [3.63, 3.8) is 0 Å². The Morgan fingerprint density at radius 3 is 2.76 bits per heavy atom. The number of benzene rings is 1. The number of hydrogen-bond donors (Lipinski definition) is 1. The summed E-state index contributed by atoms with van der Waals surface area (Å²) in [5, 5.41) is 12.5. The predicted octanol–water partition coefficient (Wildman–Crippen LogP) is 2.64. The van der Waals surface area contributed by atoms with E-state index in [-0.39, 0.29) is 0 Å². The third-order valence-corrected chi connectivity index (χ3v) is 3.25. The van der Waals surface area contributed by atoms with Crippen LogP contribution in [0.15, 0.2) is 23.1 Å². The average Bonchev–Trinajstić information content (AvgIpc) is 2.29. The van der Waals surface area contributed by atoms with Crippen LogP contribution in [-0.4, -0.2) is 37.8 Å². The lowest BCUT2D eigenvalue weighted by Crippen LogP contribution is -2.21. The zero-order chi connectivity index (χ0) is 12.7. The van der Waals surface area contributed by atoms with Gasteiger partial charge in [0, 0.05) is 18.0 Å². The van der Waals surface area contributed by atoms with Crippen LogP contribution in [0.2, 0.25) is 0 Å². The Hall–Kier alpha value is -1.18. The van der Waals surface area contributed by atoms with Crippen molar-refractivity contribution in [1.82, 2.24) is 4.90 Å². The predicted molar refractivity (Wildman–Crippen MR) is 74.6 cm³/mol. The maximum absolute atomic E-state index is 9.22. The number of nitrogens with zero attached hydrogens (tertiary/aromatic N) is 2. The molecular formula is C13H19N3S. The Morgan fingerprint density at radius 2 is 2.18 bits per heavy atom. The Labute approximate surface area is 108 Å². The standard InChI is InChI=1S/C13H19N3S/c1-4-17-13-7-5-6-12(11(13)10-14)15-8-9-16(2)3/h5-7,15H,4,8-9H2,1-3H3. The molecule has 0 spiro atoms. The second-order valence-corrected chi connectivity index (χ2v) is 5.26. The van der Waals surface area contributed by atoms with E-state index in [9.17, 15) is 5.26 Å². The SMILES string of the molecule is CCSc1cccc(NCCN(C)C)c1C#N. The minimum Gasteiger partial charge on any atom is -0.383 e. The summed E-state index contributed by atoms with van der Waals surface area (Å²) in [7, 11) is 4.08. The lowest BCUT2D eigenvalue weighted by molar-refractivity contribution is 0.425. The molecule has 0 unspecified atom stereocenters. The van der Waals surface area contributed by atoms with Crippen molar-refractivity contribution in [3.05, 3.63) is 23.8 Å². The second-order valence-electron chi connectivity index (χ2n) is 3.95. The van der Waals surface area contributed by atoms with Gasteiger partial charge < -0.3 is 10.2 Å². The van der Waals surface area contributed by atoms with Gasteiger partial charge in [0.1, 0.15) is 6.07 Å². The van der Waals surface area contributed by atoms with Gasteiger partial charge in [-0.2, -0.15) is 5.26 Å². The minimum absolute atomic E-state index is 0.762. The summed E-state index contributed by atoms with van der Waals surface area (Å²) in [4.78, 5) is 3.17. The van der Waals surface area contributed by atoms with Crippen molar-refractivity contribution in [2.45, 2.75) is 11.8 Å². The van der Waals surface area contributed by atoms with Gasteiger partial charge in [-0.1, -0.05) is 13.0 Å². The molecule has 3 nitrogen and oxygen atoms in total. The van der Waals surface area contributed by atoms with Gasteiger partial charge in [0.15, 0.2) is 0 Å². The van der Waals surface area contributed by atoms with Crippen LogP contribution in [0.4, 0.5) is 5.69 Å². The van der Waals surface area contributed by atoms with Crippen LogP contribution in [0.25, 0.3) is 0 Å². The highest BCUT2D eigenvalue weighted by Gasteiger charge is 2.07. The smallest absolute Gasteiger partial charge is 0.102 e. The molecule has 0 aliphatic rings. The molecule has 0 aliphatic carbocycles. The third kappa shape index (κ3) is 4.29. The number of nitriles is 1. The fraction of sp³-hybridized carbons (Fsp3) is 0.462. The van der Waals surface area contributed by atoms with Gasteiger partial charge in [-0.05, 0) is 32.0 Å². The minimum atomic E-state index is 0.762. The van der Waals surface area contributed by atoms with E-state index in [1.807, 2.05) is 32.3 Å². The van der Waals surface area contributed by atoms with Gasteiger partial charge >= 0.3 is 0 Å². The van der Waals surface area contributed by atoms with E-state index < -0.39 is 0 Å². The molecule has 1 rings (SSSR count). The molecule has 1 N–H and O–H groups in total. The van der Waals surface area contributed by atoms with E-state index in [4.69, 9.17) is 0 Å². The topological polar surface area (TPSA) is 39.1 Å². The first-order valence-corrected chi connectivity index (χ1v) is 6.72. The van der Waals surface area contributed by atoms with E-state index in [1.165, 1.54) is 0 Å². The highest BCUT2D eigenvalue weighted by Crippen LogP contribution is 2.27. The van der Waals surface area contributed by atoms with Gasteiger partial charge in [-0.3, -0.25) is 0 Å². The normalized spacial score (nSPS) is 10.3. The highest BCUT2D eigenvalue weighted by atomic mass is 32.2. The van der Waals surface area contributed by atoms with Gasteiger partial charge in [-0.15, -0.1) is 11.8 Å². The number of hydrogen-bond acceptors (Lipinski definition) is 4. The molecule has 1 aromatic rings. The Bertz CT molecular complexity index is 396. The maximum atomic E-state index is 9.22. The van der Waals surface area contributed by atoms with Gasteiger partial charge in [0.25, 0.3) is 0 Å². The van der Waals surface area contributed by atoms with Gasteiger partial charge in [-0.25, -0.2) is 0 Å². The molecule has 0 heterocycles. The van der Waals surface area contributed by atoms with Crippen molar-refractivity contribution >= 4 is 17.4 Å². The molecule has 0 saturated carbocycles. The van der Waals surface area contributed by atoms with Crippen molar-refractivity contribution in [3.8, 4) is 6.07 Å². The second kappa shape index (κ2) is 7.21. The molecule has 1 aromatic carbocycles. The number of thioether (sulfide) groups is 1. The number of likely N-dealkylation sites (N-methyl/N-ethyl adjacent to an activating group) is 1. The van der Waals surface area contributed by atoms with E-state index in [0.29, 0.717) is 0 Å². The van der Waals surface area contributed by atoms with Crippen LogP contribution < -0.4 is 5.32 Å². The van der Waals surface area contributed by atoms with Crippen molar-refractivity contribution in [1.29, 1.82) is 5.26 Å². The first-order chi connectivity index (χ1) is 8.19. The summed E-state index contributed by atoms with van der Waals surface area (Å²) in [6.45, 7) is 3.90. The fourth-order valence-corrected chi connectivity index (χ4v) is 2.27. The Balaban J connectivity index is 2.77. The zero-order valence-electron chi connectivity index (χ0n) is 10.7. The molecule has 0 atom stereocenters. The van der Waals surface area contributed by atoms with Crippen LogP contribution in [0.5, 0.6) is 0 Å². The molecular weight excluding hydrogens is 230 g/mol. The van der Waals surface area contributed by atoms with E-state index in [2.05, 4.69) is 23.2 Å². The van der Waals surface area contributed by atoms with E-state index in [1.54, 1.807) is 11.8 Å². The molecule has 4 heteroatoms. The molecule has 0 fully saturated rings. The summed E-state index contributed by atoms with van der Waals surface area (Å²) in [5.41, 5.74) is 1.70. The van der Waals surface area contributed by atoms with Crippen molar-refractivity contribution < 1.29 is 0 Å². The summed E-state index contributed by atoms with van der Waals surface area (Å²) in [6, 6.07) is 8.26. The van der Waals surface area contributed by atoms with Crippen LogP contribution in [0, 0.1) is 11.3 Å². The molecule has 92 valence electrons. The van der Waals surface area contributed by atoms with Crippen LogP contribution >= 0.6 is 11.8 Å². The fourth-order valence-electron chi connectivity index (χ4n) is 1.48. The van der Waals surface area contributed by atoms with E-state index >= 15 is 0 Å². The molecule has 0 bridgehead atoms. The molecule has 0 aliphatic heterocycles. The Morgan fingerprint density at radius 1 is 1.41 bits per heavy atom. The summed E-state index contributed by atoms with van der Waals surface area (Å²) in [6.07, 6.45) is 0. The number of anilines is 1. The first-order valence-electron chi connectivity index (χ1n) is 5.73. The van der Waals surface area contributed by atoms with Crippen molar-refractivity contribution in [2.24, 2.45) is 0 Å². The monoisotopic (exact) mass is 249 g/mol. The van der Waals surface area contributed by atoms with Gasteiger partial charge in [0.05, 0.1) is 11.3 Å². The number of rotatable bonds is 6. The summed E-state index contributed by atoms with van der Waals surface area (Å²) in [5.74, 6) is 0.982. The maximum Gasteiger partial charge on any atom is 0.102 e. The van der Waals surface area contributed by atoms with Crippen LogP contribution in [-0.2, 0) is 0 Å². The van der Waals surface area contributed by atoms with Gasteiger partial charge in [0.2, 0.25) is 0 Å². The lowest BCUT2D eigenvalue weighted by atomic mass is 10.2. The molecule has 0 radical (unpaired) electrons. The largest absolute Gasteiger partial charge is 0.383 e. The van der Waals surface area contributed by atoms with Crippen LogP contribution in [0.3, 0.4) is 0 Å². The Kier molecular flexibility index (Phi) is 5.88. The average molecular weight is 249 g/mol. The summed E-state index contributed by atoms with van der Waals surface area (Å²) >= 11 is 1.71. The molecule has 0 aromatic heterocycles. The quantitative estimate of drug-likeness (QED) is 0.787. The lowest BCUT2D eigenvalue weighted by Gasteiger charge is -2.13. The van der Waals surface area contributed by atoms with E-state index in [0.717, 1.165) is 35.0 Å². The van der Waals surface area contributed by atoms with Crippen LogP contribution in [0.1, 0.15) is 12.5 Å². The number of nitrogens with one attached hydrogen (secondary N) is 1. The molecule has 17 heavy (non-hydrogen) atoms. The highest BCUT2D eigenvalue weighted by molar-refractivity contribution is 7.99. The van der Waals surface area contributed by atoms with Crippen molar-refractivity contribution in [2.75, 3.05) is 38.3 Å². The zero-order valence-corrected chi connectivity index (χ0v) is 11.5.